The molecule has 1 atom stereocenters. The number of para-hydroxylation sites is 1. The second kappa shape index (κ2) is 9.46. The minimum atomic E-state index is -3.40. The molecule has 0 N–H and O–H groups in total. The number of benzene rings is 2. The summed E-state index contributed by atoms with van der Waals surface area (Å²) in [5.41, 5.74) is 2.66. The van der Waals surface area contributed by atoms with E-state index >= 15 is 0 Å². The van der Waals surface area contributed by atoms with Crippen LogP contribution in [0.4, 0.5) is 5.13 Å². The third-order valence-corrected chi connectivity index (χ3v) is 8.05. The fraction of sp³-hybridized carbons (Fsp3) is 0.391. The number of carbonyl (C=O) groups excluding carboxylic acids is 1. The maximum atomic E-state index is 13.2. The van der Waals surface area contributed by atoms with Crippen molar-refractivity contribution in [1.29, 1.82) is 0 Å². The van der Waals surface area contributed by atoms with E-state index in [0.29, 0.717) is 18.3 Å². The first-order chi connectivity index (χ1) is 14.9. The van der Waals surface area contributed by atoms with Crippen molar-refractivity contribution in [3.63, 3.8) is 0 Å². The molecule has 1 saturated heterocycles. The summed E-state index contributed by atoms with van der Waals surface area (Å²) >= 11 is 1.46. The molecule has 6 nitrogen and oxygen atoms in total. The van der Waals surface area contributed by atoms with Gasteiger partial charge in [0.15, 0.2) is 15.0 Å². The molecule has 0 spiro atoms. The highest BCUT2D eigenvalue weighted by Crippen LogP contribution is 2.32. The SMILES string of the molecule is Cc1cccc2sc(N(CC3CCCO3)C(=O)CCS(=O)(=O)Cc3ccccc3)nc12. The lowest BCUT2D eigenvalue weighted by molar-refractivity contribution is -0.118. The number of thiazole rings is 1. The highest BCUT2D eigenvalue weighted by molar-refractivity contribution is 7.90. The first-order valence-electron chi connectivity index (χ1n) is 10.4. The number of fused-ring (bicyclic) bond motifs is 1. The van der Waals surface area contributed by atoms with Crippen LogP contribution in [0.3, 0.4) is 0 Å². The Morgan fingerprint density at radius 1 is 1.19 bits per heavy atom. The molecule has 164 valence electrons. The number of nitrogens with zero attached hydrogens (tertiary/aromatic N) is 2. The average molecular weight is 459 g/mol. The van der Waals surface area contributed by atoms with E-state index in [4.69, 9.17) is 9.72 Å². The Morgan fingerprint density at radius 3 is 2.71 bits per heavy atom. The molecule has 8 heteroatoms. The Bertz CT molecular complexity index is 1150. The second-order valence-electron chi connectivity index (χ2n) is 7.89. The Balaban J connectivity index is 1.51. The molecular weight excluding hydrogens is 432 g/mol. The van der Waals surface area contributed by atoms with Crippen molar-refractivity contribution in [2.45, 2.75) is 38.0 Å². The highest BCUT2D eigenvalue weighted by atomic mass is 32.2. The van der Waals surface area contributed by atoms with Crippen LogP contribution in [0, 0.1) is 6.92 Å². The van der Waals surface area contributed by atoms with Crippen molar-refractivity contribution >= 4 is 42.4 Å². The quantitative estimate of drug-likeness (QED) is 0.507. The predicted molar refractivity (Wildman–Crippen MR) is 124 cm³/mol. The normalized spacial score (nSPS) is 16.6. The number of sulfone groups is 1. The molecule has 1 amide bonds. The van der Waals surface area contributed by atoms with Crippen LogP contribution in [-0.2, 0) is 25.1 Å². The Morgan fingerprint density at radius 2 is 2.00 bits per heavy atom. The maximum Gasteiger partial charge on any atom is 0.229 e. The van der Waals surface area contributed by atoms with Gasteiger partial charge in [-0.3, -0.25) is 9.69 Å². The lowest BCUT2D eigenvalue weighted by atomic mass is 10.2. The van der Waals surface area contributed by atoms with Gasteiger partial charge in [-0.1, -0.05) is 53.8 Å². The lowest BCUT2D eigenvalue weighted by Gasteiger charge is -2.23. The van der Waals surface area contributed by atoms with Crippen molar-refractivity contribution in [1.82, 2.24) is 4.98 Å². The summed E-state index contributed by atoms with van der Waals surface area (Å²) in [6.45, 7) is 3.09. The molecule has 31 heavy (non-hydrogen) atoms. The zero-order chi connectivity index (χ0) is 21.8. The summed E-state index contributed by atoms with van der Waals surface area (Å²) in [6, 6.07) is 15.0. The van der Waals surface area contributed by atoms with Crippen LogP contribution < -0.4 is 4.90 Å². The van der Waals surface area contributed by atoms with Crippen LogP contribution in [0.15, 0.2) is 48.5 Å². The molecule has 0 radical (unpaired) electrons. The third kappa shape index (κ3) is 5.50. The first-order valence-corrected chi connectivity index (χ1v) is 13.1. The van der Waals surface area contributed by atoms with E-state index in [-0.39, 0.29) is 29.9 Å². The molecular formula is C23H26N2O4S2. The summed E-state index contributed by atoms with van der Waals surface area (Å²) < 4.78 is 31.9. The largest absolute Gasteiger partial charge is 0.376 e. The van der Waals surface area contributed by atoms with Gasteiger partial charge < -0.3 is 4.74 Å². The van der Waals surface area contributed by atoms with E-state index in [1.807, 2.05) is 43.3 Å². The molecule has 0 saturated carbocycles. The molecule has 1 aliphatic heterocycles. The van der Waals surface area contributed by atoms with E-state index < -0.39 is 9.84 Å². The number of ether oxygens (including phenoxy) is 1. The van der Waals surface area contributed by atoms with E-state index in [9.17, 15) is 13.2 Å². The monoisotopic (exact) mass is 458 g/mol. The number of hydrogen-bond donors (Lipinski definition) is 0. The van der Waals surface area contributed by atoms with Crippen LogP contribution in [-0.4, -0.2) is 44.3 Å². The highest BCUT2D eigenvalue weighted by Gasteiger charge is 2.27. The van der Waals surface area contributed by atoms with Crippen LogP contribution in [0.25, 0.3) is 10.2 Å². The minimum absolute atomic E-state index is 0.0435. The third-order valence-electron chi connectivity index (χ3n) is 5.41. The van der Waals surface area contributed by atoms with Gasteiger partial charge in [0.25, 0.3) is 0 Å². The Labute approximate surface area is 186 Å². The predicted octanol–water partition coefficient (Wildman–Crippen LogP) is 4.12. The van der Waals surface area contributed by atoms with Crippen LogP contribution in [0.5, 0.6) is 0 Å². The zero-order valence-electron chi connectivity index (χ0n) is 17.5. The van der Waals surface area contributed by atoms with Crippen molar-refractivity contribution in [3.05, 3.63) is 59.7 Å². The van der Waals surface area contributed by atoms with Gasteiger partial charge in [-0.05, 0) is 37.0 Å². The first kappa shape index (κ1) is 21.9. The number of anilines is 1. The molecule has 0 bridgehead atoms. The van der Waals surface area contributed by atoms with Crippen molar-refractivity contribution in [2.75, 3.05) is 23.8 Å². The molecule has 0 aliphatic carbocycles. The van der Waals surface area contributed by atoms with Gasteiger partial charge in [-0.2, -0.15) is 0 Å². The van der Waals surface area contributed by atoms with Crippen LogP contribution in [0.2, 0.25) is 0 Å². The standard InChI is InChI=1S/C23H26N2O4S2/c1-17-7-5-11-20-22(17)24-23(30-20)25(15-19-10-6-13-29-19)21(26)12-14-31(27,28)16-18-8-3-2-4-9-18/h2-5,7-9,11,19H,6,10,12-16H2,1H3. The van der Waals surface area contributed by atoms with Gasteiger partial charge in [0, 0.05) is 13.0 Å². The van der Waals surface area contributed by atoms with E-state index in [2.05, 4.69) is 0 Å². The van der Waals surface area contributed by atoms with Gasteiger partial charge in [-0.25, -0.2) is 13.4 Å². The number of carbonyl (C=O) groups is 1. The molecule has 1 aromatic heterocycles. The van der Waals surface area contributed by atoms with Crippen LogP contribution in [0.1, 0.15) is 30.4 Å². The summed E-state index contributed by atoms with van der Waals surface area (Å²) in [4.78, 5) is 19.5. The fourth-order valence-electron chi connectivity index (χ4n) is 3.75. The summed E-state index contributed by atoms with van der Waals surface area (Å²) in [7, 11) is -3.40. The smallest absolute Gasteiger partial charge is 0.229 e. The van der Waals surface area contributed by atoms with Crippen molar-refractivity contribution in [2.24, 2.45) is 0 Å². The molecule has 2 heterocycles. The van der Waals surface area contributed by atoms with E-state index in [0.717, 1.165) is 34.2 Å². The Hall–Kier alpha value is -2.29. The number of rotatable bonds is 8. The van der Waals surface area contributed by atoms with Gasteiger partial charge >= 0.3 is 0 Å². The Kier molecular flexibility index (Phi) is 6.69. The number of hydrogen-bond acceptors (Lipinski definition) is 6. The minimum Gasteiger partial charge on any atom is -0.376 e. The van der Waals surface area contributed by atoms with Gasteiger partial charge in [0.1, 0.15) is 0 Å². The average Bonchev–Trinajstić information content (AvgIpc) is 3.41. The number of aryl methyl sites for hydroxylation is 1. The van der Waals surface area contributed by atoms with Gasteiger partial charge in [-0.15, -0.1) is 0 Å². The number of amides is 1. The van der Waals surface area contributed by atoms with Gasteiger partial charge in [0.2, 0.25) is 5.91 Å². The topological polar surface area (TPSA) is 76.6 Å². The molecule has 4 rings (SSSR count). The summed E-state index contributed by atoms with van der Waals surface area (Å²) in [5, 5.41) is 0.602. The lowest BCUT2D eigenvalue weighted by Crippen LogP contribution is -2.38. The molecule has 1 aliphatic rings. The molecule has 2 aromatic carbocycles. The molecule has 1 unspecified atom stereocenters. The summed E-state index contributed by atoms with van der Waals surface area (Å²) in [5.74, 6) is -0.483. The van der Waals surface area contributed by atoms with Crippen molar-refractivity contribution < 1.29 is 17.9 Å². The molecule has 3 aromatic rings. The summed E-state index contributed by atoms with van der Waals surface area (Å²) in [6.07, 6.45) is 1.74. The van der Waals surface area contributed by atoms with E-state index in [1.165, 1.54) is 11.3 Å². The fourth-order valence-corrected chi connectivity index (χ4v) is 6.15. The maximum absolute atomic E-state index is 13.2. The van der Waals surface area contributed by atoms with Gasteiger partial charge in [0.05, 0.1) is 34.4 Å². The second-order valence-corrected chi connectivity index (χ2v) is 11.1. The van der Waals surface area contributed by atoms with Crippen molar-refractivity contribution in [3.8, 4) is 0 Å². The van der Waals surface area contributed by atoms with E-state index in [1.54, 1.807) is 17.0 Å². The zero-order valence-corrected chi connectivity index (χ0v) is 19.1. The molecule has 1 fully saturated rings. The number of aromatic nitrogens is 1. The van der Waals surface area contributed by atoms with Crippen LogP contribution >= 0.6 is 11.3 Å².